The number of hydrogen-bond acceptors (Lipinski definition) is 6. The predicted molar refractivity (Wildman–Crippen MR) is 201 cm³/mol. The smallest absolute Gasteiger partial charge is 0.210 e. The molecule has 0 radical (unpaired) electrons. The third kappa shape index (κ3) is 6.98. The second-order valence-corrected chi connectivity index (χ2v) is 18.3. The molecule has 0 amide bonds. The third-order valence-corrected chi connectivity index (χ3v) is 12.0. The van der Waals surface area contributed by atoms with E-state index in [-0.39, 0.29) is 22.3 Å². The number of allylic oxidation sites excluding steroid dienone is 4. The molecule has 9 heteroatoms. The lowest BCUT2D eigenvalue weighted by Gasteiger charge is -2.27. The van der Waals surface area contributed by atoms with Crippen molar-refractivity contribution in [1.82, 2.24) is 0 Å². The van der Waals surface area contributed by atoms with Crippen molar-refractivity contribution in [1.29, 1.82) is 0 Å². The van der Waals surface area contributed by atoms with Gasteiger partial charge in [0, 0.05) is 65.2 Å². The van der Waals surface area contributed by atoms with Gasteiger partial charge in [-0.1, -0.05) is 74.5 Å². The molecule has 0 saturated carbocycles. The van der Waals surface area contributed by atoms with Crippen molar-refractivity contribution in [3.63, 3.8) is 0 Å². The summed E-state index contributed by atoms with van der Waals surface area (Å²) in [6, 6.07) is 25.5. The van der Waals surface area contributed by atoms with Crippen molar-refractivity contribution < 1.29 is 26.0 Å². The van der Waals surface area contributed by atoms with E-state index in [1.807, 2.05) is 6.07 Å². The largest absolute Gasteiger partial charge is 0.748 e. The fourth-order valence-electron chi connectivity index (χ4n) is 7.97. The number of unbranched alkanes of at least 4 members (excludes halogenated alkanes) is 2. The lowest BCUT2D eigenvalue weighted by molar-refractivity contribution is -0.438. The van der Waals surface area contributed by atoms with E-state index in [0.717, 1.165) is 29.2 Å². The number of anilines is 1. The molecule has 2 aliphatic heterocycles. The van der Waals surface area contributed by atoms with Gasteiger partial charge in [-0.2, -0.15) is 4.58 Å². The van der Waals surface area contributed by atoms with Crippen LogP contribution in [-0.2, 0) is 30.8 Å². The number of nitrogens with zero attached hydrogens (tertiary/aromatic N) is 2. The van der Waals surface area contributed by atoms with E-state index >= 15 is 0 Å². The summed E-state index contributed by atoms with van der Waals surface area (Å²) < 4.78 is 60.1. The molecule has 2 heterocycles. The highest BCUT2D eigenvalue weighted by molar-refractivity contribution is 7.90. The summed E-state index contributed by atoms with van der Waals surface area (Å²) in [6.45, 7) is 10.3. The molecule has 0 aromatic heterocycles. The Labute approximate surface area is 291 Å². The molecule has 0 bridgehead atoms. The van der Waals surface area contributed by atoms with Crippen LogP contribution in [0.25, 0.3) is 21.5 Å². The zero-order valence-electron chi connectivity index (χ0n) is 29.1. The Kier molecular flexibility index (Phi) is 9.41. The third-order valence-electron chi connectivity index (χ3n) is 10.2. The Morgan fingerprint density at radius 1 is 0.735 bits per heavy atom. The number of sulfone groups is 1. The highest BCUT2D eigenvalue weighted by Gasteiger charge is 2.45. The van der Waals surface area contributed by atoms with E-state index in [2.05, 4.69) is 122 Å². The predicted octanol–water partition coefficient (Wildman–Crippen LogP) is 7.76. The number of hydrogen-bond donors (Lipinski definition) is 0. The van der Waals surface area contributed by atoms with E-state index in [1.54, 1.807) is 0 Å². The SMILES string of the molecule is CC1(C)C(/C=C/C=C2/N(CCCCS(C)(=O)=O)c3ccc4ccccc4c3C2(C)C)=[N+](CCCCS(=O)(=O)[O-])c2ccc3ccccc3c21. The van der Waals surface area contributed by atoms with Crippen LogP contribution in [-0.4, -0.2) is 62.5 Å². The Morgan fingerprint density at radius 3 is 2.00 bits per heavy atom. The zero-order valence-corrected chi connectivity index (χ0v) is 30.7. The first-order chi connectivity index (χ1) is 23.1. The molecule has 7 nitrogen and oxygen atoms in total. The average Bonchev–Trinajstić information content (AvgIpc) is 3.39. The van der Waals surface area contributed by atoms with Crippen molar-refractivity contribution >= 4 is 58.6 Å². The lowest BCUT2D eigenvalue weighted by atomic mass is 9.79. The molecule has 0 aliphatic carbocycles. The molecule has 0 spiro atoms. The molecule has 49 heavy (non-hydrogen) atoms. The fraction of sp³-hybridized carbons (Fsp3) is 0.375. The van der Waals surface area contributed by atoms with E-state index in [9.17, 15) is 21.4 Å². The van der Waals surface area contributed by atoms with E-state index < -0.39 is 20.0 Å². The maximum atomic E-state index is 11.9. The van der Waals surface area contributed by atoms with Crippen LogP contribution in [0, 0.1) is 0 Å². The monoisotopic (exact) mass is 698 g/mol. The Morgan fingerprint density at radius 2 is 1.35 bits per heavy atom. The quantitative estimate of drug-likeness (QED) is 0.0853. The number of rotatable bonds is 12. The van der Waals surface area contributed by atoms with E-state index in [1.165, 1.54) is 38.9 Å². The first kappa shape index (κ1) is 35.1. The second kappa shape index (κ2) is 13.2. The van der Waals surface area contributed by atoms with Gasteiger partial charge in [-0.3, -0.25) is 0 Å². The summed E-state index contributed by atoms with van der Waals surface area (Å²) in [6.07, 6.45) is 10.0. The van der Waals surface area contributed by atoms with Crippen LogP contribution in [0.5, 0.6) is 0 Å². The molecule has 0 unspecified atom stereocenters. The van der Waals surface area contributed by atoms with Gasteiger partial charge in [0.1, 0.15) is 16.4 Å². The molecule has 2 aliphatic rings. The Balaban J connectivity index is 1.41. The molecule has 258 valence electrons. The minimum absolute atomic E-state index is 0.174. The van der Waals surface area contributed by atoms with Gasteiger partial charge in [0.25, 0.3) is 0 Å². The highest BCUT2D eigenvalue weighted by atomic mass is 32.2. The van der Waals surface area contributed by atoms with Gasteiger partial charge in [-0.05, 0) is 78.4 Å². The minimum atomic E-state index is -4.27. The minimum Gasteiger partial charge on any atom is -0.748 e. The molecule has 0 saturated heterocycles. The van der Waals surface area contributed by atoms with E-state index in [0.29, 0.717) is 32.4 Å². The lowest BCUT2D eigenvalue weighted by Crippen LogP contribution is -2.28. The van der Waals surface area contributed by atoms with Crippen LogP contribution >= 0.6 is 0 Å². The van der Waals surface area contributed by atoms with Crippen LogP contribution in [0.1, 0.15) is 64.5 Å². The number of benzene rings is 4. The topological polar surface area (TPSA) is 97.6 Å². The summed E-state index contributed by atoms with van der Waals surface area (Å²) in [7, 11) is -7.30. The maximum Gasteiger partial charge on any atom is 0.210 e. The van der Waals surface area contributed by atoms with Crippen LogP contribution in [0.2, 0.25) is 0 Å². The molecule has 4 aromatic carbocycles. The van der Waals surface area contributed by atoms with Gasteiger partial charge in [0.2, 0.25) is 5.69 Å². The van der Waals surface area contributed by atoms with Crippen molar-refractivity contribution in [2.45, 2.75) is 64.2 Å². The second-order valence-electron chi connectivity index (χ2n) is 14.5. The molecule has 0 atom stereocenters. The molecule has 4 aromatic rings. The van der Waals surface area contributed by atoms with Crippen molar-refractivity contribution in [2.24, 2.45) is 0 Å². The summed E-state index contributed by atoms with van der Waals surface area (Å²) in [4.78, 5) is 2.36. The highest BCUT2D eigenvalue weighted by Crippen LogP contribution is 2.51. The molecule has 0 fully saturated rings. The van der Waals surface area contributed by atoms with Crippen LogP contribution in [0.4, 0.5) is 11.4 Å². The van der Waals surface area contributed by atoms with Crippen LogP contribution < -0.4 is 4.90 Å². The maximum absolute atomic E-state index is 11.9. The molecular weight excluding hydrogens is 653 g/mol. The normalized spacial score (nSPS) is 17.9. The van der Waals surface area contributed by atoms with Gasteiger partial charge in [-0.15, -0.1) is 0 Å². The summed E-state index contributed by atoms with van der Waals surface area (Å²) in [5.74, 6) is -0.191. The van der Waals surface area contributed by atoms with Crippen molar-refractivity contribution in [2.75, 3.05) is 35.8 Å². The van der Waals surface area contributed by atoms with Gasteiger partial charge < -0.3 is 9.45 Å². The van der Waals surface area contributed by atoms with Gasteiger partial charge >= 0.3 is 0 Å². The molecular formula is C40H46N2O5S2. The Hall–Kier alpha value is -3.79. The first-order valence-electron chi connectivity index (χ1n) is 17.1. The van der Waals surface area contributed by atoms with Crippen LogP contribution in [0.15, 0.2) is 96.7 Å². The first-order valence-corrected chi connectivity index (χ1v) is 20.7. The van der Waals surface area contributed by atoms with Crippen molar-refractivity contribution in [3.8, 4) is 0 Å². The number of fused-ring (bicyclic) bond motifs is 6. The molecule has 0 N–H and O–H groups in total. The average molecular weight is 699 g/mol. The van der Waals surface area contributed by atoms with E-state index in [4.69, 9.17) is 0 Å². The van der Waals surface area contributed by atoms with Crippen LogP contribution in [0.3, 0.4) is 0 Å². The van der Waals surface area contributed by atoms with Gasteiger partial charge in [-0.25, -0.2) is 16.8 Å². The fourth-order valence-corrected chi connectivity index (χ4v) is 9.25. The van der Waals surface area contributed by atoms with Gasteiger partial charge in [0.05, 0.1) is 15.5 Å². The summed E-state index contributed by atoms with van der Waals surface area (Å²) >= 11 is 0. The summed E-state index contributed by atoms with van der Waals surface area (Å²) in [5.41, 5.74) is 6.39. The van der Waals surface area contributed by atoms with Gasteiger partial charge in [0.15, 0.2) is 5.71 Å². The summed E-state index contributed by atoms with van der Waals surface area (Å²) in [5, 5.41) is 4.77. The molecule has 6 rings (SSSR count). The Bertz CT molecular complexity index is 2250. The standard InChI is InChI=1S/C40H46N2O5S2/c1-39(2)35(41(25-10-12-27-48(5,43)44)33-23-21-29-15-6-8-17-31(29)37(33)39)19-14-20-36-40(3,4)38-32-18-9-7-16-30(32)22-24-34(38)42(36)26-11-13-28-49(45,46)47/h6-9,14-24H,10-13,25-28H2,1-5H3. The van der Waals surface area contributed by atoms with Crippen molar-refractivity contribution in [3.05, 3.63) is 108 Å². The zero-order chi connectivity index (χ0) is 35.2.